The SMILES string of the molecule is Fc1cccc(Cl)c1/C=N\n1cnnc1-c1ccccc1. The molecule has 104 valence electrons. The van der Waals surface area contributed by atoms with Crippen LogP contribution in [0.1, 0.15) is 5.56 Å². The first-order valence-corrected chi connectivity index (χ1v) is 6.57. The van der Waals surface area contributed by atoms with E-state index >= 15 is 0 Å². The molecule has 0 spiro atoms. The van der Waals surface area contributed by atoms with E-state index < -0.39 is 5.82 Å². The predicted molar refractivity (Wildman–Crippen MR) is 79.9 cm³/mol. The maximum Gasteiger partial charge on any atom is 0.184 e. The molecule has 1 aromatic heterocycles. The summed E-state index contributed by atoms with van der Waals surface area (Å²) in [6.07, 6.45) is 2.81. The van der Waals surface area contributed by atoms with Crippen molar-refractivity contribution in [2.75, 3.05) is 0 Å². The topological polar surface area (TPSA) is 43.1 Å². The van der Waals surface area contributed by atoms with Gasteiger partial charge in [0.1, 0.15) is 12.1 Å². The number of rotatable bonds is 3. The molecule has 3 aromatic rings. The van der Waals surface area contributed by atoms with Gasteiger partial charge in [-0.1, -0.05) is 48.0 Å². The third-order valence-corrected chi connectivity index (χ3v) is 3.20. The maximum absolute atomic E-state index is 13.7. The molecule has 0 aliphatic carbocycles. The van der Waals surface area contributed by atoms with Crippen LogP contribution in [-0.4, -0.2) is 21.1 Å². The Hall–Kier alpha value is -2.53. The molecule has 0 fully saturated rings. The summed E-state index contributed by atoms with van der Waals surface area (Å²) >= 11 is 5.95. The highest BCUT2D eigenvalue weighted by Gasteiger charge is 2.07. The van der Waals surface area contributed by atoms with Crippen molar-refractivity contribution in [2.24, 2.45) is 5.10 Å². The normalized spacial score (nSPS) is 11.1. The first-order valence-electron chi connectivity index (χ1n) is 6.19. The molecular formula is C15H10ClFN4. The summed E-state index contributed by atoms with van der Waals surface area (Å²) in [5, 5.41) is 12.3. The van der Waals surface area contributed by atoms with Crippen molar-refractivity contribution in [2.45, 2.75) is 0 Å². The largest absolute Gasteiger partial charge is 0.206 e. The summed E-state index contributed by atoms with van der Waals surface area (Å²) in [4.78, 5) is 0. The molecule has 21 heavy (non-hydrogen) atoms. The first-order chi connectivity index (χ1) is 10.3. The van der Waals surface area contributed by atoms with Gasteiger partial charge in [0.05, 0.1) is 11.2 Å². The van der Waals surface area contributed by atoms with E-state index in [4.69, 9.17) is 11.6 Å². The van der Waals surface area contributed by atoms with Gasteiger partial charge in [0, 0.05) is 11.1 Å². The lowest BCUT2D eigenvalue weighted by molar-refractivity contribution is 0.626. The van der Waals surface area contributed by atoms with E-state index in [-0.39, 0.29) is 5.56 Å². The highest BCUT2D eigenvalue weighted by molar-refractivity contribution is 6.33. The third kappa shape index (κ3) is 2.83. The van der Waals surface area contributed by atoms with Crippen LogP contribution in [0.4, 0.5) is 4.39 Å². The molecule has 0 saturated carbocycles. The fourth-order valence-electron chi connectivity index (χ4n) is 1.85. The van der Waals surface area contributed by atoms with E-state index in [0.717, 1.165) is 5.56 Å². The van der Waals surface area contributed by atoms with Crippen molar-refractivity contribution >= 4 is 17.8 Å². The van der Waals surface area contributed by atoms with Crippen LogP contribution in [0.3, 0.4) is 0 Å². The van der Waals surface area contributed by atoms with Crippen LogP contribution in [0.5, 0.6) is 0 Å². The standard InChI is InChI=1S/C15H10ClFN4/c16-13-7-4-8-14(17)12(13)9-19-21-10-18-20-15(21)11-5-2-1-3-6-11/h1-10H/b19-9-. The zero-order valence-corrected chi connectivity index (χ0v) is 11.6. The number of hydrogen-bond acceptors (Lipinski definition) is 3. The smallest absolute Gasteiger partial charge is 0.184 e. The fraction of sp³-hybridized carbons (Fsp3) is 0. The lowest BCUT2D eigenvalue weighted by Gasteiger charge is -2.01. The highest BCUT2D eigenvalue weighted by atomic mass is 35.5. The zero-order chi connectivity index (χ0) is 14.7. The molecule has 0 radical (unpaired) electrons. The molecule has 0 bridgehead atoms. The Balaban J connectivity index is 1.97. The van der Waals surface area contributed by atoms with Gasteiger partial charge in [-0.2, -0.15) is 9.78 Å². The Morgan fingerprint density at radius 1 is 1.10 bits per heavy atom. The highest BCUT2D eigenvalue weighted by Crippen LogP contribution is 2.18. The average molecular weight is 301 g/mol. The average Bonchev–Trinajstić information content (AvgIpc) is 2.96. The van der Waals surface area contributed by atoms with E-state index in [1.807, 2.05) is 30.3 Å². The summed E-state index contributed by atoms with van der Waals surface area (Å²) in [7, 11) is 0. The van der Waals surface area contributed by atoms with Gasteiger partial charge < -0.3 is 0 Å². The molecule has 0 unspecified atom stereocenters. The van der Waals surface area contributed by atoms with Crippen LogP contribution in [0, 0.1) is 5.82 Å². The summed E-state index contributed by atoms with van der Waals surface area (Å²) in [5.74, 6) is 0.139. The lowest BCUT2D eigenvalue weighted by atomic mass is 10.2. The van der Waals surface area contributed by atoms with Gasteiger partial charge in [0.2, 0.25) is 0 Å². The number of hydrogen-bond donors (Lipinski definition) is 0. The van der Waals surface area contributed by atoms with Crippen molar-refractivity contribution in [3.8, 4) is 11.4 Å². The zero-order valence-electron chi connectivity index (χ0n) is 10.8. The molecular weight excluding hydrogens is 291 g/mol. The van der Waals surface area contributed by atoms with Gasteiger partial charge >= 0.3 is 0 Å². The Labute approximate surface area is 125 Å². The summed E-state index contributed by atoms with van der Waals surface area (Å²) < 4.78 is 15.2. The van der Waals surface area contributed by atoms with Crippen LogP contribution >= 0.6 is 11.6 Å². The van der Waals surface area contributed by atoms with Crippen molar-refractivity contribution < 1.29 is 4.39 Å². The van der Waals surface area contributed by atoms with Crippen LogP contribution in [0.2, 0.25) is 5.02 Å². The number of halogens is 2. The number of nitrogens with zero attached hydrogens (tertiary/aromatic N) is 4. The van der Waals surface area contributed by atoms with Crippen molar-refractivity contribution in [1.82, 2.24) is 14.9 Å². The molecule has 3 rings (SSSR count). The molecule has 0 saturated heterocycles. The second kappa shape index (κ2) is 5.85. The second-order valence-electron chi connectivity index (χ2n) is 4.25. The molecule has 0 aliphatic rings. The molecule has 6 heteroatoms. The second-order valence-corrected chi connectivity index (χ2v) is 4.65. The minimum Gasteiger partial charge on any atom is -0.206 e. The van der Waals surface area contributed by atoms with E-state index in [0.29, 0.717) is 10.8 Å². The van der Waals surface area contributed by atoms with Crippen LogP contribution in [-0.2, 0) is 0 Å². The summed E-state index contributed by atoms with van der Waals surface area (Å²) in [5.41, 5.74) is 1.10. The molecule has 1 heterocycles. The van der Waals surface area contributed by atoms with Gasteiger partial charge in [-0.25, -0.2) is 4.39 Å². The van der Waals surface area contributed by atoms with Crippen molar-refractivity contribution in [3.63, 3.8) is 0 Å². The van der Waals surface area contributed by atoms with Gasteiger partial charge in [-0.15, -0.1) is 10.2 Å². The maximum atomic E-state index is 13.7. The van der Waals surface area contributed by atoms with Crippen LogP contribution < -0.4 is 0 Å². The van der Waals surface area contributed by atoms with Crippen LogP contribution in [0.25, 0.3) is 11.4 Å². The molecule has 0 atom stereocenters. The first kappa shape index (κ1) is 13.5. The van der Waals surface area contributed by atoms with Gasteiger partial charge in [0.25, 0.3) is 0 Å². The number of aromatic nitrogens is 3. The van der Waals surface area contributed by atoms with E-state index in [9.17, 15) is 4.39 Å². The Morgan fingerprint density at radius 3 is 2.67 bits per heavy atom. The quantitative estimate of drug-likeness (QED) is 0.693. The van der Waals surface area contributed by atoms with Gasteiger partial charge in [-0.3, -0.25) is 0 Å². The molecule has 0 N–H and O–H groups in total. The van der Waals surface area contributed by atoms with E-state index in [1.165, 1.54) is 23.3 Å². The Morgan fingerprint density at radius 2 is 1.90 bits per heavy atom. The molecule has 4 nitrogen and oxygen atoms in total. The lowest BCUT2D eigenvalue weighted by Crippen LogP contribution is -1.95. The summed E-state index contributed by atoms with van der Waals surface area (Å²) in [6, 6.07) is 14.0. The summed E-state index contributed by atoms with van der Waals surface area (Å²) in [6.45, 7) is 0. The molecule has 0 amide bonds. The number of benzene rings is 2. The monoisotopic (exact) mass is 300 g/mol. The van der Waals surface area contributed by atoms with Crippen molar-refractivity contribution in [3.05, 3.63) is 71.3 Å². The van der Waals surface area contributed by atoms with Crippen LogP contribution in [0.15, 0.2) is 60.0 Å². The van der Waals surface area contributed by atoms with E-state index in [1.54, 1.807) is 12.1 Å². The Bertz CT molecular complexity index is 763. The third-order valence-electron chi connectivity index (χ3n) is 2.87. The minimum atomic E-state index is -0.430. The fourth-order valence-corrected chi connectivity index (χ4v) is 2.06. The van der Waals surface area contributed by atoms with Gasteiger partial charge in [0.15, 0.2) is 5.82 Å². The minimum absolute atomic E-state index is 0.229. The van der Waals surface area contributed by atoms with E-state index in [2.05, 4.69) is 15.3 Å². The predicted octanol–water partition coefficient (Wildman–Crippen LogP) is 3.62. The van der Waals surface area contributed by atoms with Crippen molar-refractivity contribution in [1.29, 1.82) is 0 Å². The van der Waals surface area contributed by atoms with Gasteiger partial charge in [-0.05, 0) is 12.1 Å². The molecule has 2 aromatic carbocycles. The Kier molecular flexibility index (Phi) is 3.75. The molecule has 0 aliphatic heterocycles.